The summed E-state index contributed by atoms with van der Waals surface area (Å²) < 4.78 is 10.6. The highest BCUT2D eigenvalue weighted by Gasteiger charge is 2.26. The third-order valence-corrected chi connectivity index (χ3v) is 6.72. The molecule has 1 atom stereocenters. The summed E-state index contributed by atoms with van der Waals surface area (Å²) in [4.78, 5) is 34.5. The normalized spacial score (nSPS) is 12.0. The Morgan fingerprint density at radius 2 is 1.94 bits per heavy atom. The number of esters is 1. The molecule has 2 N–H and O–H groups in total. The quantitative estimate of drug-likeness (QED) is 0.319. The first-order valence-electron chi connectivity index (χ1n) is 10.1. The second-order valence-corrected chi connectivity index (χ2v) is 9.06. The Bertz CT molecular complexity index is 1370. The molecule has 0 bridgehead atoms. The molecule has 10 heteroatoms. The summed E-state index contributed by atoms with van der Waals surface area (Å²) in [5.41, 5.74) is 1.85. The predicted molar refractivity (Wildman–Crippen MR) is 125 cm³/mol. The van der Waals surface area contributed by atoms with Crippen LogP contribution in [0.4, 0.5) is 0 Å². The number of carbonyl (C=O) groups is 2. The minimum atomic E-state index is -0.890. The van der Waals surface area contributed by atoms with Gasteiger partial charge in [0.2, 0.25) is 5.82 Å². The van der Waals surface area contributed by atoms with Crippen molar-refractivity contribution in [1.82, 2.24) is 20.4 Å². The van der Waals surface area contributed by atoms with Crippen LogP contribution in [0.25, 0.3) is 21.6 Å². The molecule has 0 fully saturated rings. The maximum atomic E-state index is 13.0. The zero-order valence-electron chi connectivity index (χ0n) is 17.2. The number of para-hydroxylation sites is 1. The minimum absolute atomic E-state index is 0.183. The van der Waals surface area contributed by atoms with Crippen LogP contribution in [-0.4, -0.2) is 33.0 Å². The summed E-state index contributed by atoms with van der Waals surface area (Å²) in [6, 6.07) is 14.2. The van der Waals surface area contributed by atoms with Gasteiger partial charge in [-0.3, -0.25) is 4.79 Å². The van der Waals surface area contributed by atoms with E-state index in [1.54, 1.807) is 12.1 Å². The number of ether oxygens (including phenoxy) is 1. The number of amides is 1. The van der Waals surface area contributed by atoms with E-state index >= 15 is 0 Å². The summed E-state index contributed by atoms with van der Waals surface area (Å²) in [7, 11) is 0. The molecule has 0 aliphatic carbocycles. The van der Waals surface area contributed by atoms with Gasteiger partial charge in [0.15, 0.2) is 6.61 Å². The standard InChI is InChI=1S/C23H18N4O4S2/c28-22(19-8-4-10-33-19)25-17(11-14-12-24-16-6-2-1-5-15(14)16)23(29)30-13-20-26-21(27-31-20)18-7-3-9-32-18/h1-10,12,17,24H,11,13H2,(H,25,28). The van der Waals surface area contributed by atoms with E-state index in [0.29, 0.717) is 10.7 Å². The molecule has 0 saturated carbocycles. The maximum Gasteiger partial charge on any atom is 0.329 e. The first-order chi connectivity index (χ1) is 16.2. The molecule has 0 spiro atoms. The van der Waals surface area contributed by atoms with E-state index in [1.807, 2.05) is 53.4 Å². The number of rotatable bonds is 8. The molecule has 1 aromatic carbocycles. The highest BCUT2D eigenvalue weighted by atomic mass is 32.1. The number of carbonyl (C=O) groups excluding carboxylic acids is 2. The first kappa shape index (κ1) is 21.1. The molecular weight excluding hydrogens is 460 g/mol. The number of nitrogens with one attached hydrogen (secondary N) is 2. The van der Waals surface area contributed by atoms with Gasteiger partial charge in [-0.05, 0) is 34.5 Å². The van der Waals surface area contributed by atoms with E-state index in [1.165, 1.54) is 22.7 Å². The van der Waals surface area contributed by atoms with Crippen LogP contribution in [-0.2, 0) is 22.6 Å². The number of thiophene rings is 2. The van der Waals surface area contributed by atoms with Gasteiger partial charge in [0.05, 0.1) is 9.75 Å². The highest BCUT2D eigenvalue weighted by molar-refractivity contribution is 7.13. The Hall–Kier alpha value is -3.76. The van der Waals surface area contributed by atoms with Gasteiger partial charge >= 0.3 is 5.97 Å². The molecule has 4 aromatic heterocycles. The predicted octanol–water partition coefficient (Wildman–Crippen LogP) is 4.43. The van der Waals surface area contributed by atoms with Crippen LogP contribution in [0.5, 0.6) is 0 Å². The van der Waals surface area contributed by atoms with E-state index in [9.17, 15) is 9.59 Å². The van der Waals surface area contributed by atoms with Gasteiger partial charge in [0.1, 0.15) is 6.04 Å². The van der Waals surface area contributed by atoms with Crippen LogP contribution in [0.2, 0.25) is 0 Å². The maximum absolute atomic E-state index is 13.0. The SMILES string of the molecule is O=C(NC(Cc1c[nH]c2ccccc12)C(=O)OCc1nc(-c2cccs2)no1)c1cccs1. The summed E-state index contributed by atoms with van der Waals surface area (Å²) in [6.45, 7) is -0.184. The molecule has 0 saturated heterocycles. The van der Waals surface area contributed by atoms with Crippen LogP contribution >= 0.6 is 22.7 Å². The van der Waals surface area contributed by atoms with Gasteiger partial charge in [-0.25, -0.2) is 4.79 Å². The fourth-order valence-corrected chi connectivity index (χ4v) is 4.68. The van der Waals surface area contributed by atoms with Crippen molar-refractivity contribution in [2.45, 2.75) is 19.1 Å². The molecule has 1 amide bonds. The summed E-state index contributed by atoms with van der Waals surface area (Å²) in [6.07, 6.45) is 2.11. The number of aromatic amines is 1. The summed E-state index contributed by atoms with van der Waals surface area (Å²) in [5.74, 6) is -0.287. The number of benzene rings is 1. The first-order valence-corrected chi connectivity index (χ1v) is 11.9. The van der Waals surface area contributed by atoms with Crippen molar-refractivity contribution in [3.05, 3.63) is 81.8 Å². The van der Waals surface area contributed by atoms with E-state index < -0.39 is 12.0 Å². The lowest BCUT2D eigenvalue weighted by atomic mass is 10.0. The second-order valence-electron chi connectivity index (χ2n) is 7.16. The molecule has 0 aliphatic rings. The van der Waals surface area contributed by atoms with Crippen LogP contribution in [0.3, 0.4) is 0 Å². The molecule has 1 unspecified atom stereocenters. The highest BCUT2D eigenvalue weighted by Crippen LogP contribution is 2.22. The smallest absolute Gasteiger partial charge is 0.329 e. The van der Waals surface area contributed by atoms with E-state index in [2.05, 4.69) is 20.4 Å². The largest absolute Gasteiger partial charge is 0.454 e. The zero-order valence-corrected chi connectivity index (χ0v) is 18.8. The fourth-order valence-electron chi connectivity index (χ4n) is 3.40. The van der Waals surface area contributed by atoms with Gasteiger partial charge < -0.3 is 19.6 Å². The molecule has 166 valence electrons. The molecule has 0 radical (unpaired) electrons. The number of nitrogens with zero attached hydrogens (tertiary/aromatic N) is 2. The Labute approximate surface area is 196 Å². The monoisotopic (exact) mass is 478 g/mol. The van der Waals surface area contributed by atoms with E-state index in [4.69, 9.17) is 9.26 Å². The Balaban J connectivity index is 1.31. The number of H-pyrrole nitrogens is 1. The van der Waals surface area contributed by atoms with Crippen molar-refractivity contribution < 1.29 is 18.8 Å². The average Bonchev–Trinajstić information content (AvgIpc) is 3.63. The van der Waals surface area contributed by atoms with Crippen molar-refractivity contribution in [3.63, 3.8) is 0 Å². The van der Waals surface area contributed by atoms with Crippen LogP contribution in [0, 0.1) is 0 Å². The van der Waals surface area contributed by atoms with Gasteiger partial charge in [0, 0.05) is 23.5 Å². The molecule has 33 heavy (non-hydrogen) atoms. The molecule has 5 rings (SSSR count). The number of aromatic nitrogens is 3. The van der Waals surface area contributed by atoms with Crippen LogP contribution in [0.15, 0.2) is 70.0 Å². The zero-order chi connectivity index (χ0) is 22.6. The van der Waals surface area contributed by atoms with E-state index in [-0.39, 0.29) is 24.8 Å². The second kappa shape index (κ2) is 9.39. The van der Waals surface area contributed by atoms with Crippen molar-refractivity contribution >= 4 is 45.5 Å². The molecular formula is C23H18N4O4S2. The minimum Gasteiger partial charge on any atom is -0.454 e. The summed E-state index contributed by atoms with van der Waals surface area (Å²) >= 11 is 2.79. The van der Waals surface area contributed by atoms with Crippen molar-refractivity contribution in [2.24, 2.45) is 0 Å². The number of hydrogen-bond acceptors (Lipinski definition) is 8. The Kier molecular flexibility index (Phi) is 6.01. The van der Waals surface area contributed by atoms with Gasteiger partial charge in [-0.2, -0.15) is 4.98 Å². The lowest BCUT2D eigenvalue weighted by Gasteiger charge is -2.16. The molecule has 8 nitrogen and oxygen atoms in total. The number of fused-ring (bicyclic) bond motifs is 1. The molecule has 5 aromatic rings. The fraction of sp³-hybridized carbons (Fsp3) is 0.130. The third-order valence-electron chi connectivity index (χ3n) is 4.98. The average molecular weight is 479 g/mol. The molecule has 4 heterocycles. The van der Waals surface area contributed by atoms with Crippen LogP contribution < -0.4 is 5.32 Å². The molecule has 0 aliphatic heterocycles. The number of hydrogen-bond donors (Lipinski definition) is 2. The van der Waals surface area contributed by atoms with Crippen molar-refractivity contribution in [2.75, 3.05) is 0 Å². The lowest BCUT2D eigenvalue weighted by molar-refractivity contribution is -0.148. The Morgan fingerprint density at radius 1 is 1.09 bits per heavy atom. The topological polar surface area (TPSA) is 110 Å². The lowest BCUT2D eigenvalue weighted by Crippen LogP contribution is -2.43. The van der Waals surface area contributed by atoms with Gasteiger partial charge in [0.25, 0.3) is 11.8 Å². The Morgan fingerprint density at radius 3 is 2.76 bits per heavy atom. The van der Waals surface area contributed by atoms with E-state index in [0.717, 1.165) is 21.3 Å². The van der Waals surface area contributed by atoms with Crippen molar-refractivity contribution in [1.29, 1.82) is 0 Å². The third kappa shape index (κ3) is 4.71. The van der Waals surface area contributed by atoms with Gasteiger partial charge in [-0.1, -0.05) is 35.5 Å². The van der Waals surface area contributed by atoms with Gasteiger partial charge in [-0.15, -0.1) is 22.7 Å². The summed E-state index contributed by atoms with van der Waals surface area (Å²) in [5, 5.41) is 11.4. The van der Waals surface area contributed by atoms with Crippen LogP contribution in [0.1, 0.15) is 21.1 Å². The van der Waals surface area contributed by atoms with Crippen molar-refractivity contribution in [3.8, 4) is 10.7 Å².